The molecular weight excluding hydrogens is 373 g/mol. The summed E-state index contributed by atoms with van der Waals surface area (Å²) in [6.45, 7) is 2.17. The van der Waals surface area contributed by atoms with Gasteiger partial charge < -0.3 is 10.0 Å². The zero-order valence-corrected chi connectivity index (χ0v) is 16.8. The van der Waals surface area contributed by atoms with Gasteiger partial charge in [-0.2, -0.15) is 0 Å². The number of nitrogens with zero attached hydrogens (tertiary/aromatic N) is 3. The summed E-state index contributed by atoms with van der Waals surface area (Å²) >= 11 is 0. The molecule has 1 aliphatic heterocycles. The summed E-state index contributed by atoms with van der Waals surface area (Å²) < 4.78 is 13.7. The number of likely N-dealkylation sites (N-methyl/N-ethyl adjacent to an activating group) is 2. The molecule has 27 heavy (non-hydrogen) atoms. The minimum atomic E-state index is -0.821. The highest BCUT2D eigenvalue weighted by Gasteiger charge is 2.23. The summed E-state index contributed by atoms with van der Waals surface area (Å²) in [5.41, 5.74) is 0.509. The van der Waals surface area contributed by atoms with Gasteiger partial charge >= 0.3 is 5.97 Å². The third-order valence-electron chi connectivity index (χ3n) is 4.95. The average molecular weight is 402 g/mol. The number of amides is 1. The van der Waals surface area contributed by atoms with E-state index in [0.717, 1.165) is 32.4 Å². The first kappa shape index (κ1) is 23.3. The SMILES string of the molecule is CN(Cc1ccccc1F)C(=O)CN1CCCC(N(C)CC(=O)O)CC1.Cl. The van der Waals surface area contributed by atoms with Crippen LogP contribution >= 0.6 is 12.4 Å². The highest BCUT2D eigenvalue weighted by atomic mass is 35.5. The van der Waals surface area contributed by atoms with Crippen molar-refractivity contribution >= 4 is 24.3 Å². The maximum Gasteiger partial charge on any atom is 0.317 e. The number of carbonyl (C=O) groups is 2. The highest BCUT2D eigenvalue weighted by Crippen LogP contribution is 2.16. The molecule has 0 spiro atoms. The monoisotopic (exact) mass is 401 g/mol. The fourth-order valence-electron chi connectivity index (χ4n) is 3.36. The first-order valence-corrected chi connectivity index (χ1v) is 8.98. The third-order valence-corrected chi connectivity index (χ3v) is 4.95. The van der Waals surface area contributed by atoms with Crippen LogP contribution in [0.25, 0.3) is 0 Å². The summed E-state index contributed by atoms with van der Waals surface area (Å²) in [7, 11) is 3.53. The Morgan fingerprint density at radius 3 is 2.59 bits per heavy atom. The van der Waals surface area contributed by atoms with E-state index in [2.05, 4.69) is 4.90 Å². The van der Waals surface area contributed by atoms with Crippen molar-refractivity contribution in [3.8, 4) is 0 Å². The van der Waals surface area contributed by atoms with E-state index in [-0.39, 0.29) is 43.3 Å². The Balaban J connectivity index is 0.00000364. The standard InChI is InChI=1S/C19H28FN3O3.ClH/c1-21(14-19(25)26)16-7-5-10-23(11-9-16)13-18(24)22(2)12-15-6-3-4-8-17(15)20;/h3-4,6,8,16H,5,7,9-14H2,1-2H3,(H,25,26);1H. The van der Waals surface area contributed by atoms with Gasteiger partial charge in [0.1, 0.15) is 5.82 Å². The fourth-order valence-corrected chi connectivity index (χ4v) is 3.36. The van der Waals surface area contributed by atoms with Gasteiger partial charge in [0.25, 0.3) is 0 Å². The molecule has 1 atom stereocenters. The second kappa shape index (κ2) is 11.2. The Morgan fingerprint density at radius 2 is 1.93 bits per heavy atom. The number of likely N-dealkylation sites (tertiary alicyclic amines) is 1. The molecule has 152 valence electrons. The molecule has 8 heteroatoms. The second-order valence-electron chi connectivity index (χ2n) is 7.01. The van der Waals surface area contributed by atoms with Crippen molar-refractivity contribution in [1.29, 1.82) is 0 Å². The average Bonchev–Trinajstić information content (AvgIpc) is 2.82. The van der Waals surface area contributed by atoms with Gasteiger partial charge in [0.05, 0.1) is 13.1 Å². The van der Waals surface area contributed by atoms with Crippen LogP contribution in [0, 0.1) is 5.82 Å². The number of benzene rings is 1. The molecule has 0 aromatic heterocycles. The van der Waals surface area contributed by atoms with Crippen LogP contribution < -0.4 is 0 Å². The smallest absolute Gasteiger partial charge is 0.317 e. The summed E-state index contributed by atoms with van der Waals surface area (Å²) in [6, 6.07) is 6.71. The Bertz CT molecular complexity index is 632. The number of carboxylic acid groups (broad SMARTS) is 1. The molecule has 0 aliphatic carbocycles. The zero-order valence-electron chi connectivity index (χ0n) is 15.9. The van der Waals surface area contributed by atoms with E-state index in [1.54, 1.807) is 30.1 Å². The third kappa shape index (κ3) is 7.44. The van der Waals surface area contributed by atoms with Crippen LogP contribution in [-0.2, 0) is 16.1 Å². The summed E-state index contributed by atoms with van der Waals surface area (Å²) in [5, 5.41) is 8.93. The predicted molar refractivity (Wildman–Crippen MR) is 104 cm³/mol. The normalized spacial score (nSPS) is 17.9. The summed E-state index contributed by atoms with van der Waals surface area (Å²) in [6.07, 6.45) is 2.70. The van der Waals surface area contributed by atoms with Crippen molar-refractivity contribution in [2.75, 3.05) is 40.3 Å². The van der Waals surface area contributed by atoms with Crippen LogP contribution in [0.5, 0.6) is 0 Å². The maximum atomic E-state index is 13.7. The van der Waals surface area contributed by atoms with Gasteiger partial charge in [-0.1, -0.05) is 18.2 Å². The first-order chi connectivity index (χ1) is 12.4. The van der Waals surface area contributed by atoms with Crippen molar-refractivity contribution in [2.45, 2.75) is 31.8 Å². The summed E-state index contributed by atoms with van der Waals surface area (Å²) in [4.78, 5) is 28.9. The molecule has 0 bridgehead atoms. The molecule has 6 nitrogen and oxygen atoms in total. The number of hydrogen-bond acceptors (Lipinski definition) is 4. The number of hydrogen-bond donors (Lipinski definition) is 1. The summed E-state index contributed by atoms with van der Waals surface area (Å²) in [5.74, 6) is -1.16. The highest BCUT2D eigenvalue weighted by molar-refractivity contribution is 5.85. The molecule has 1 unspecified atom stereocenters. The van der Waals surface area contributed by atoms with Gasteiger partial charge in [-0.25, -0.2) is 4.39 Å². The molecular formula is C19H29ClFN3O3. The van der Waals surface area contributed by atoms with Crippen LogP contribution in [-0.4, -0.2) is 78.0 Å². The minimum Gasteiger partial charge on any atom is -0.480 e. The molecule has 1 fully saturated rings. The van der Waals surface area contributed by atoms with E-state index >= 15 is 0 Å². The van der Waals surface area contributed by atoms with Gasteiger partial charge in [-0.15, -0.1) is 12.4 Å². The van der Waals surface area contributed by atoms with Crippen LogP contribution in [0.3, 0.4) is 0 Å². The number of halogens is 2. The Hall–Kier alpha value is -1.70. The van der Waals surface area contributed by atoms with E-state index in [1.165, 1.54) is 6.07 Å². The van der Waals surface area contributed by atoms with Crippen molar-refractivity contribution in [2.24, 2.45) is 0 Å². The van der Waals surface area contributed by atoms with Crippen molar-refractivity contribution in [3.05, 3.63) is 35.6 Å². The largest absolute Gasteiger partial charge is 0.480 e. The molecule has 1 aliphatic rings. The van der Waals surface area contributed by atoms with E-state index in [0.29, 0.717) is 12.1 Å². The van der Waals surface area contributed by atoms with Crippen LogP contribution in [0.4, 0.5) is 4.39 Å². The van der Waals surface area contributed by atoms with Gasteiger partial charge in [0.2, 0.25) is 5.91 Å². The lowest BCUT2D eigenvalue weighted by Crippen LogP contribution is -2.40. The lowest BCUT2D eigenvalue weighted by atomic mass is 10.1. The van der Waals surface area contributed by atoms with Gasteiger partial charge in [-0.3, -0.25) is 19.4 Å². The lowest BCUT2D eigenvalue weighted by molar-refractivity contribution is -0.138. The molecule has 1 heterocycles. The molecule has 1 saturated heterocycles. The van der Waals surface area contributed by atoms with Crippen molar-refractivity contribution in [1.82, 2.24) is 14.7 Å². The van der Waals surface area contributed by atoms with Gasteiger partial charge in [0.15, 0.2) is 0 Å². The molecule has 0 radical (unpaired) electrons. The van der Waals surface area contributed by atoms with Gasteiger partial charge in [0, 0.05) is 31.7 Å². The van der Waals surface area contributed by atoms with Gasteiger partial charge in [-0.05, 0) is 38.9 Å². The fraction of sp³-hybridized carbons (Fsp3) is 0.579. The Morgan fingerprint density at radius 1 is 1.22 bits per heavy atom. The molecule has 0 saturated carbocycles. The zero-order chi connectivity index (χ0) is 19.1. The first-order valence-electron chi connectivity index (χ1n) is 8.98. The van der Waals surface area contributed by atoms with Crippen LogP contribution in [0.15, 0.2) is 24.3 Å². The predicted octanol–water partition coefficient (Wildman–Crippen LogP) is 2.08. The molecule has 1 amide bonds. The second-order valence-corrected chi connectivity index (χ2v) is 7.01. The molecule has 1 N–H and O–H groups in total. The maximum absolute atomic E-state index is 13.7. The molecule has 1 aromatic carbocycles. The van der Waals surface area contributed by atoms with E-state index < -0.39 is 5.97 Å². The molecule has 2 rings (SSSR count). The number of carbonyl (C=O) groups excluding carboxylic acids is 1. The quantitative estimate of drug-likeness (QED) is 0.757. The minimum absolute atomic E-state index is 0. The number of rotatable bonds is 7. The van der Waals surface area contributed by atoms with E-state index in [1.807, 2.05) is 11.9 Å². The van der Waals surface area contributed by atoms with Crippen molar-refractivity contribution in [3.63, 3.8) is 0 Å². The molecule has 1 aromatic rings. The number of aliphatic carboxylic acids is 1. The topological polar surface area (TPSA) is 64.1 Å². The Kier molecular flexibility index (Phi) is 9.69. The van der Waals surface area contributed by atoms with Crippen LogP contribution in [0.2, 0.25) is 0 Å². The van der Waals surface area contributed by atoms with Crippen molar-refractivity contribution < 1.29 is 19.1 Å². The van der Waals surface area contributed by atoms with E-state index in [4.69, 9.17) is 5.11 Å². The Labute approximate surface area is 166 Å². The van der Waals surface area contributed by atoms with Crippen LogP contribution in [0.1, 0.15) is 24.8 Å². The lowest BCUT2D eigenvalue weighted by Gasteiger charge is -2.26. The number of carboxylic acids is 1. The van der Waals surface area contributed by atoms with E-state index in [9.17, 15) is 14.0 Å².